The molecule has 1 aromatic heterocycles. The summed E-state index contributed by atoms with van der Waals surface area (Å²) >= 11 is 0. The lowest BCUT2D eigenvalue weighted by Crippen LogP contribution is -2.52. The Labute approximate surface area is 163 Å². The minimum Gasteiger partial charge on any atom is -0.322 e. The van der Waals surface area contributed by atoms with E-state index >= 15 is 0 Å². The maximum absolute atomic E-state index is 12.6. The van der Waals surface area contributed by atoms with Crippen LogP contribution in [0.15, 0.2) is 12.3 Å². The van der Waals surface area contributed by atoms with Crippen molar-refractivity contribution in [3.8, 4) is 11.8 Å². The first-order valence-corrected chi connectivity index (χ1v) is 9.67. The third-order valence-electron chi connectivity index (χ3n) is 5.39. The van der Waals surface area contributed by atoms with Gasteiger partial charge in [0.15, 0.2) is 0 Å². The molecule has 3 aliphatic heterocycles. The normalized spacial score (nSPS) is 22.5. The first-order chi connectivity index (χ1) is 13.6. The molecule has 8 nitrogen and oxygen atoms in total. The summed E-state index contributed by atoms with van der Waals surface area (Å²) in [4.78, 5) is 44.3. The van der Waals surface area contributed by atoms with Gasteiger partial charge in [0, 0.05) is 58.3 Å². The molecule has 0 bridgehead atoms. The van der Waals surface area contributed by atoms with Crippen LogP contribution in [-0.2, 0) is 16.1 Å². The summed E-state index contributed by atoms with van der Waals surface area (Å²) in [5.41, 5.74) is 1.98. The molecule has 2 N–H and O–H groups in total. The fourth-order valence-corrected chi connectivity index (χ4v) is 3.83. The maximum Gasteiger partial charge on any atom is 0.256 e. The highest BCUT2D eigenvalue weighted by Gasteiger charge is 2.39. The lowest BCUT2D eigenvalue weighted by molar-refractivity contribution is -0.136. The summed E-state index contributed by atoms with van der Waals surface area (Å²) in [5, 5.41) is 5.64. The largest absolute Gasteiger partial charge is 0.322 e. The molecule has 3 aliphatic rings. The quantitative estimate of drug-likeness (QED) is 0.541. The van der Waals surface area contributed by atoms with Crippen molar-refractivity contribution in [3.63, 3.8) is 0 Å². The average molecular weight is 381 g/mol. The third kappa shape index (κ3) is 3.91. The van der Waals surface area contributed by atoms with Gasteiger partial charge in [-0.3, -0.25) is 24.6 Å². The number of hydrogen-bond acceptors (Lipinski definition) is 6. The number of hydrogen-bond donors (Lipinski definition) is 2. The Hall–Kier alpha value is -2.76. The van der Waals surface area contributed by atoms with Gasteiger partial charge in [0.1, 0.15) is 11.7 Å². The number of rotatable bonds is 3. The Bertz CT molecular complexity index is 866. The molecule has 0 spiro atoms. The van der Waals surface area contributed by atoms with Crippen LogP contribution in [0.25, 0.3) is 0 Å². The highest BCUT2D eigenvalue weighted by molar-refractivity contribution is 6.05. The van der Waals surface area contributed by atoms with Crippen LogP contribution in [0.1, 0.15) is 40.9 Å². The van der Waals surface area contributed by atoms with Crippen molar-refractivity contribution >= 4 is 17.7 Å². The Balaban J connectivity index is 1.39. The van der Waals surface area contributed by atoms with Gasteiger partial charge in [0.25, 0.3) is 5.91 Å². The van der Waals surface area contributed by atoms with Crippen molar-refractivity contribution in [1.29, 1.82) is 0 Å². The third-order valence-corrected chi connectivity index (χ3v) is 5.39. The molecule has 1 unspecified atom stereocenters. The van der Waals surface area contributed by atoms with Crippen molar-refractivity contribution in [2.24, 2.45) is 0 Å². The summed E-state index contributed by atoms with van der Waals surface area (Å²) in [5.74, 6) is 5.34. The summed E-state index contributed by atoms with van der Waals surface area (Å²) in [6, 6.07) is 1.22. The number of pyridine rings is 1. The fraction of sp³-hybridized carbons (Fsp3) is 0.500. The van der Waals surface area contributed by atoms with E-state index in [1.54, 1.807) is 6.20 Å². The second-order valence-electron chi connectivity index (χ2n) is 7.27. The van der Waals surface area contributed by atoms with Crippen molar-refractivity contribution in [3.05, 3.63) is 29.1 Å². The highest BCUT2D eigenvalue weighted by atomic mass is 16.2. The number of fused-ring (bicyclic) bond motifs is 1. The van der Waals surface area contributed by atoms with Gasteiger partial charge in [-0.05, 0) is 24.0 Å². The smallest absolute Gasteiger partial charge is 0.256 e. The lowest BCUT2D eigenvalue weighted by Gasteiger charge is -2.29. The molecular formula is C20H23N5O3. The minimum absolute atomic E-state index is 0.213. The number of aromatic nitrogens is 1. The SMILES string of the molecule is O=C1CCC(N2Cc3cc(C#CCCN4CCNCC4)ncc3C2=O)C(=O)N1. The summed E-state index contributed by atoms with van der Waals surface area (Å²) in [6.45, 7) is 5.45. The summed E-state index contributed by atoms with van der Waals surface area (Å²) < 4.78 is 0. The number of nitrogens with zero attached hydrogens (tertiary/aromatic N) is 3. The van der Waals surface area contributed by atoms with E-state index < -0.39 is 11.9 Å². The molecule has 1 atom stereocenters. The van der Waals surface area contributed by atoms with Gasteiger partial charge in [-0.25, -0.2) is 4.98 Å². The molecular weight excluding hydrogens is 358 g/mol. The highest BCUT2D eigenvalue weighted by Crippen LogP contribution is 2.27. The van der Waals surface area contributed by atoms with E-state index in [1.807, 2.05) is 6.07 Å². The van der Waals surface area contributed by atoms with Gasteiger partial charge in [-0.2, -0.15) is 0 Å². The van der Waals surface area contributed by atoms with E-state index in [-0.39, 0.29) is 18.2 Å². The first kappa shape index (κ1) is 18.6. The molecule has 1 aromatic rings. The van der Waals surface area contributed by atoms with Crippen LogP contribution in [0, 0.1) is 11.8 Å². The number of carbonyl (C=O) groups is 3. The number of piperazine rings is 1. The van der Waals surface area contributed by atoms with Crippen molar-refractivity contribution in [2.45, 2.75) is 31.8 Å². The van der Waals surface area contributed by atoms with E-state index in [0.29, 0.717) is 24.2 Å². The molecule has 0 aromatic carbocycles. The molecule has 28 heavy (non-hydrogen) atoms. The zero-order chi connectivity index (χ0) is 19.5. The monoisotopic (exact) mass is 381 g/mol. The van der Waals surface area contributed by atoms with E-state index in [9.17, 15) is 14.4 Å². The Kier molecular flexibility index (Phi) is 5.37. The number of piperidine rings is 1. The predicted molar refractivity (Wildman–Crippen MR) is 101 cm³/mol. The molecule has 8 heteroatoms. The number of amides is 3. The lowest BCUT2D eigenvalue weighted by atomic mass is 10.0. The molecule has 0 saturated carbocycles. The standard InChI is InChI=1S/C20H23N5O3/c26-18-5-4-17(19(27)23-18)25-13-14-11-15(22-12-16(14)20(25)28)3-1-2-8-24-9-6-21-7-10-24/h11-12,17,21H,2,4-10,13H2,(H,23,26,27). The van der Waals surface area contributed by atoms with Crippen molar-refractivity contribution in [1.82, 2.24) is 25.4 Å². The molecule has 4 rings (SSSR count). The Morgan fingerprint density at radius 3 is 2.82 bits per heavy atom. The average Bonchev–Trinajstić information content (AvgIpc) is 3.02. The van der Waals surface area contributed by atoms with E-state index in [2.05, 4.69) is 32.4 Å². The number of nitrogens with one attached hydrogen (secondary N) is 2. The van der Waals surface area contributed by atoms with E-state index in [1.165, 1.54) is 4.90 Å². The van der Waals surface area contributed by atoms with Crippen LogP contribution in [0.4, 0.5) is 0 Å². The molecule has 2 fully saturated rings. The van der Waals surface area contributed by atoms with Crippen molar-refractivity contribution < 1.29 is 14.4 Å². The second-order valence-corrected chi connectivity index (χ2v) is 7.27. The minimum atomic E-state index is -0.605. The van der Waals surface area contributed by atoms with Gasteiger partial charge in [0.2, 0.25) is 11.8 Å². The zero-order valence-electron chi connectivity index (χ0n) is 15.7. The van der Waals surface area contributed by atoms with E-state index in [4.69, 9.17) is 0 Å². The van der Waals surface area contributed by atoms with Crippen LogP contribution in [0.3, 0.4) is 0 Å². The van der Waals surface area contributed by atoms with Gasteiger partial charge >= 0.3 is 0 Å². The number of imide groups is 1. The van der Waals surface area contributed by atoms with Crippen LogP contribution >= 0.6 is 0 Å². The molecule has 0 aliphatic carbocycles. The van der Waals surface area contributed by atoms with E-state index in [0.717, 1.165) is 44.7 Å². The van der Waals surface area contributed by atoms with Gasteiger partial charge in [0.05, 0.1) is 5.56 Å². The van der Waals surface area contributed by atoms with Crippen LogP contribution in [-0.4, -0.2) is 71.3 Å². The molecule has 2 saturated heterocycles. The Morgan fingerprint density at radius 2 is 2.04 bits per heavy atom. The maximum atomic E-state index is 12.6. The summed E-state index contributed by atoms with van der Waals surface area (Å²) in [6.07, 6.45) is 2.93. The molecule has 0 radical (unpaired) electrons. The number of carbonyl (C=O) groups excluding carboxylic acids is 3. The van der Waals surface area contributed by atoms with Crippen LogP contribution < -0.4 is 10.6 Å². The first-order valence-electron chi connectivity index (χ1n) is 9.67. The topological polar surface area (TPSA) is 94.6 Å². The summed E-state index contributed by atoms with van der Waals surface area (Å²) in [7, 11) is 0. The zero-order valence-corrected chi connectivity index (χ0v) is 15.7. The van der Waals surface area contributed by atoms with Gasteiger partial charge < -0.3 is 10.2 Å². The molecule has 4 heterocycles. The second kappa shape index (κ2) is 8.09. The van der Waals surface area contributed by atoms with Crippen LogP contribution in [0.2, 0.25) is 0 Å². The fourth-order valence-electron chi connectivity index (χ4n) is 3.83. The van der Waals surface area contributed by atoms with Crippen LogP contribution in [0.5, 0.6) is 0 Å². The van der Waals surface area contributed by atoms with Crippen molar-refractivity contribution in [2.75, 3.05) is 32.7 Å². The predicted octanol–water partition coefficient (Wildman–Crippen LogP) is -0.511. The van der Waals surface area contributed by atoms with Gasteiger partial charge in [-0.1, -0.05) is 5.92 Å². The Morgan fingerprint density at radius 1 is 1.21 bits per heavy atom. The molecule has 146 valence electrons. The van der Waals surface area contributed by atoms with Gasteiger partial charge in [-0.15, -0.1) is 0 Å². The molecule has 3 amide bonds.